The van der Waals surface area contributed by atoms with Gasteiger partial charge in [0.05, 0.1) is 25.8 Å². The lowest BCUT2D eigenvalue weighted by molar-refractivity contribution is -0.132. The second kappa shape index (κ2) is 9.11. The third-order valence-electron chi connectivity index (χ3n) is 5.66. The molecule has 0 bridgehead atoms. The Kier molecular flexibility index (Phi) is 6.24. The molecule has 7 heteroatoms. The number of anilines is 1. The lowest BCUT2D eigenvalue weighted by atomic mass is 9.94. The standard InChI is InChI=1S/C26H22BrNO5/c1-15-9-10-17(13-20(15)27)28-23(19-12-11-18(32-2)14-21(19)33-3)22(25(30)26(28)31)24(29)16-7-5-4-6-8-16/h4-14,23,29H,1-3H3. The van der Waals surface area contributed by atoms with Gasteiger partial charge in [-0.25, -0.2) is 0 Å². The average molecular weight is 508 g/mol. The Bertz CT molecular complexity index is 1270. The molecular weight excluding hydrogens is 486 g/mol. The van der Waals surface area contributed by atoms with Crippen molar-refractivity contribution in [2.75, 3.05) is 19.1 Å². The Balaban J connectivity index is 2.00. The summed E-state index contributed by atoms with van der Waals surface area (Å²) >= 11 is 3.51. The van der Waals surface area contributed by atoms with Gasteiger partial charge in [0.1, 0.15) is 17.3 Å². The number of ketones is 1. The van der Waals surface area contributed by atoms with Gasteiger partial charge in [-0.1, -0.05) is 52.3 Å². The number of amides is 1. The lowest BCUT2D eigenvalue weighted by Crippen LogP contribution is -2.29. The molecule has 1 aliphatic rings. The quantitative estimate of drug-likeness (QED) is 0.284. The predicted octanol–water partition coefficient (Wildman–Crippen LogP) is 5.40. The fourth-order valence-corrected chi connectivity index (χ4v) is 4.29. The number of hydrogen-bond donors (Lipinski definition) is 1. The number of carbonyl (C=O) groups excluding carboxylic acids is 2. The summed E-state index contributed by atoms with van der Waals surface area (Å²) in [5.74, 6) is -0.752. The molecule has 6 nitrogen and oxygen atoms in total. The molecule has 168 valence electrons. The third-order valence-corrected chi connectivity index (χ3v) is 6.51. The van der Waals surface area contributed by atoms with E-state index in [4.69, 9.17) is 9.47 Å². The monoisotopic (exact) mass is 507 g/mol. The zero-order chi connectivity index (χ0) is 23.7. The first-order chi connectivity index (χ1) is 15.9. The van der Waals surface area contributed by atoms with Crippen LogP contribution in [0.2, 0.25) is 0 Å². The van der Waals surface area contributed by atoms with E-state index in [1.807, 2.05) is 19.1 Å². The zero-order valence-electron chi connectivity index (χ0n) is 18.3. The van der Waals surface area contributed by atoms with Crippen molar-refractivity contribution in [3.05, 3.63) is 93.5 Å². The molecule has 0 aliphatic carbocycles. The number of carbonyl (C=O) groups is 2. The fourth-order valence-electron chi connectivity index (χ4n) is 3.92. The van der Waals surface area contributed by atoms with Crippen LogP contribution in [0.5, 0.6) is 11.5 Å². The number of nitrogens with zero attached hydrogens (tertiary/aromatic N) is 1. The van der Waals surface area contributed by atoms with Crippen molar-refractivity contribution in [2.45, 2.75) is 13.0 Å². The molecule has 1 N–H and O–H groups in total. The van der Waals surface area contributed by atoms with E-state index in [0.29, 0.717) is 28.3 Å². The summed E-state index contributed by atoms with van der Waals surface area (Å²) < 4.78 is 11.7. The highest BCUT2D eigenvalue weighted by molar-refractivity contribution is 9.10. The second-order valence-electron chi connectivity index (χ2n) is 7.58. The van der Waals surface area contributed by atoms with Gasteiger partial charge in [-0.3, -0.25) is 14.5 Å². The number of aliphatic hydroxyl groups excluding tert-OH is 1. The van der Waals surface area contributed by atoms with Crippen molar-refractivity contribution in [2.24, 2.45) is 0 Å². The Morgan fingerprint density at radius 3 is 2.33 bits per heavy atom. The van der Waals surface area contributed by atoms with E-state index in [1.165, 1.54) is 12.0 Å². The highest BCUT2D eigenvalue weighted by Gasteiger charge is 2.48. The van der Waals surface area contributed by atoms with E-state index in [9.17, 15) is 14.7 Å². The van der Waals surface area contributed by atoms with Crippen LogP contribution in [0.15, 0.2) is 76.8 Å². The molecule has 33 heavy (non-hydrogen) atoms. The van der Waals surface area contributed by atoms with E-state index in [-0.39, 0.29) is 11.3 Å². The molecule has 1 amide bonds. The maximum Gasteiger partial charge on any atom is 0.300 e. The Labute approximate surface area is 200 Å². The minimum atomic E-state index is -0.902. The van der Waals surface area contributed by atoms with Crippen molar-refractivity contribution in [1.29, 1.82) is 0 Å². The first-order valence-electron chi connectivity index (χ1n) is 10.2. The molecule has 4 rings (SSSR count). The second-order valence-corrected chi connectivity index (χ2v) is 8.43. The molecule has 1 fully saturated rings. The fraction of sp³-hybridized carbons (Fsp3) is 0.154. The smallest absolute Gasteiger partial charge is 0.300 e. The summed E-state index contributed by atoms with van der Waals surface area (Å²) in [6.07, 6.45) is 0. The SMILES string of the molecule is COc1ccc(C2C(=C(O)c3ccccc3)C(=O)C(=O)N2c2ccc(C)c(Br)c2)c(OC)c1. The van der Waals surface area contributed by atoms with Crippen molar-refractivity contribution in [1.82, 2.24) is 0 Å². The molecule has 0 radical (unpaired) electrons. The van der Waals surface area contributed by atoms with Crippen LogP contribution in [-0.4, -0.2) is 31.0 Å². The summed E-state index contributed by atoms with van der Waals surface area (Å²) in [5, 5.41) is 11.2. The maximum atomic E-state index is 13.3. The summed E-state index contributed by atoms with van der Waals surface area (Å²) in [6, 6.07) is 18.4. The van der Waals surface area contributed by atoms with Crippen LogP contribution >= 0.6 is 15.9 Å². The van der Waals surface area contributed by atoms with Crippen LogP contribution in [0, 0.1) is 6.92 Å². The van der Waals surface area contributed by atoms with Crippen molar-refractivity contribution in [3.63, 3.8) is 0 Å². The molecule has 1 saturated heterocycles. The molecule has 3 aromatic carbocycles. The minimum Gasteiger partial charge on any atom is -0.507 e. The summed E-state index contributed by atoms with van der Waals surface area (Å²) in [5.41, 5.74) is 2.49. The van der Waals surface area contributed by atoms with Crippen molar-refractivity contribution in [3.8, 4) is 11.5 Å². The number of halogens is 1. The molecule has 1 heterocycles. The van der Waals surface area contributed by atoms with E-state index in [2.05, 4.69) is 15.9 Å². The van der Waals surface area contributed by atoms with Gasteiger partial charge in [0.2, 0.25) is 0 Å². The summed E-state index contributed by atoms with van der Waals surface area (Å²) in [7, 11) is 3.05. The Hall–Kier alpha value is -3.58. The highest BCUT2D eigenvalue weighted by Crippen LogP contribution is 2.46. The number of aliphatic hydroxyl groups is 1. The molecule has 3 aromatic rings. The number of benzene rings is 3. The first-order valence-corrected chi connectivity index (χ1v) is 11.0. The number of hydrogen-bond acceptors (Lipinski definition) is 5. The molecule has 1 aliphatic heterocycles. The molecular formula is C26H22BrNO5. The summed E-state index contributed by atoms with van der Waals surface area (Å²) in [4.78, 5) is 28.0. The van der Waals surface area contributed by atoms with Crippen molar-refractivity contribution < 1.29 is 24.2 Å². The largest absolute Gasteiger partial charge is 0.507 e. The van der Waals surface area contributed by atoms with Crippen molar-refractivity contribution >= 4 is 39.1 Å². The maximum absolute atomic E-state index is 13.3. The van der Waals surface area contributed by atoms with Crippen LogP contribution in [0.1, 0.15) is 22.7 Å². The molecule has 0 saturated carbocycles. The zero-order valence-corrected chi connectivity index (χ0v) is 19.9. The van der Waals surface area contributed by atoms with Gasteiger partial charge in [-0.05, 0) is 36.8 Å². The number of aryl methyl sites for hydroxylation is 1. The highest BCUT2D eigenvalue weighted by atomic mass is 79.9. The topological polar surface area (TPSA) is 76.1 Å². The van der Waals surface area contributed by atoms with Gasteiger partial charge in [0.15, 0.2) is 0 Å². The number of rotatable bonds is 5. The van der Waals surface area contributed by atoms with Gasteiger partial charge in [0, 0.05) is 27.4 Å². The Morgan fingerprint density at radius 1 is 0.970 bits per heavy atom. The van der Waals surface area contributed by atoms with Crippen LogP contribution < -0.4 is 14.4 Å². The molecule has 1 atom stereocenters. The molecule has 0 aromatic heterocycles. The van der Waals surface area contributed by atoms with E-state index >= 15 is 0 Å². The average Bonchev–Trinajstić information content (AvgIpc) is 3.10. The van der Waals surface area contributed by atoms with Gasteiger partial charge < -0.3 is 14.6 Å². The first kappa shape index (κ1) is 22.6. The van der Waals surface area contributed by atoms with Gasteiger partial charge >= 0.3 is 0 Å². The van der Waals surface area contributed by atoms with Gasteiger partial charge in [0.25, 0.3) is 11.7 Å². The van der Waals surface area contributed by atoms with Crippen LogP contribution in [0.4, 0.5) is 5.69 Å². The normalized spacial score (nSPS) is 17.3. The Morgan fingerprint density at radius 2 is 1.70 bits per heavy atom. The molecule has 1 unspecified atom stereocenters. The van der Waals surface area contributed by atoms with Gasteiger partial charge in [-0.2, -0.15) is 0 Å². The van der Waals surface area contributed by atoms with Gasteiger partial charge in [-0.15, -0.1) is 0 Å². The van der Waals surface area contributed by atoms with E-state index in [1.54, 1.807) is 61.7 Å². The number of methoxy groups -OCH3 is 2. The number of Topliss-reactive ketones (excluding diaryl/α,β-unsaturated/α-hetero) is 1. The summed E-state index contributed by atoms with van der Waals surface area (Å²) in [6.45, 7) is 1.93. The number of ether oxygens (including phenoxy) is 2. The lowest BCUT2D eigenvalue weighted by Gasteiger charge is -2.27. The predicted molar refractivity (Wildman–Crippen MR) is 130 cm³/mol. The molecule has 0 spiro atoms. The van der Waals surface area contributed by atoms with Crippen LogP contribution in [0.3, 0.4) is 0 Å². The van der Waals surface area contributed by atoms with E-state index < -0.39 is 17.7 Å². The minimum absolute atomic E-state index is 0.00800. The third kappa shape index (κ3) is 4.00. The van der Waals surface area contributed by atoms with E-state index in [0.717, 1.165) is 10.0 Å². The van der Waals surface area contributed by atoms with Crippen LogP contribution in [-0.2, 0) is 9.59 Å². The van der Waals surface area contributed by atoms with Crippen LogP contribution in [0.25, 0.3) is 5.76 Å².